The lowest BCUT2D eigenvalue weighted by atomic mass is 9.37. The Balaban J connectivity index is 2.04. The normalized spacial score (nSPS) is 51.9. The largest absolute Gasteiger partial charge is 0.0995 e. The molecule has 4 bridgehead atoms. The van der Waals surface area contributed by atoms with Crippen molar-refractivity contribution in [3.8, 4) is 0 Å². The Kier molecular flexibility index (Phi) is 1.79. The van der Waals surface area contributed by atoms with Crippen LogP contribution in [0.5, 0.6) is 0 Å². The maximum absolute atomic E-state index is 4.37. The van der Waals surface area contributed by atoms with E-state index in [1.54, 1.807) is 5.57 Å². The summed E-state index contributed by atoms with van der Waals surface area (Å²) in [5, 5.41) is 0. The van der Waals surface area contributed by atoms with Crippen LogP contribution in [0.3, 0.4) is 0 Å². The molecule has 4 fully saturated rings. The number of hydrogen-bond donors (Lipinski definition) is 0. The van der Waals surface area contributed by atoms with Crippen LogP contribution in [0.1, 0.15) is 52.9 Å². The maximum Gasteiger partial charge on any atom is -0.0113 e. The third kappa shape index (κ3) is 1.04. The molecule has 0 heterocycles. The van der Waals surface area contributed by atoms with Crippen LogP contribution in [-0.4, -0.2) is 0 Å². The summed E-state index contributed by atoms with van der Waals surface area (Å²) in [5.74, 6) is 2.85. The summed E-state index contributed by atoms with van der Waals surface area (Å²) in [6.07, 6.45) is 7.09. The summed E-state index contributed by atoms with van der Waals surface area (Å²) in [6.45, 7) is 11.9. The first kappa shape index (κ1) is 9.93. The van der Waals surface area contributed by atoms with Crippen LogP contribution < -0.4 is 0 Å². The van der Waals surface area contributed by atoms with Gasteiger partial charge in [0.15, 0.2) is 0 Å². The Morgan fingerprint density at radius 1 is 1.20 bits per heavy atom. The standard InChI is InChI=1S/C15H24/c1-10-6-7-11-13-12(10)15(11,4)9-5-8-14(13,2)3/h11-13H,1,5-9H2,2-4H3/t11-,12+,13-,15+/m1/s1. The predicted molar refractivity (Wildman–Crippen MR) is 64.6 cm³/mol. The summed E-state index contributed by atoms with van der Waals surface area (Å²) in [6, 6.07) is 0. The summed E-state index contributed by atoms with van der Waals surface area (Å²) in [4.78, 5) is 0. The van der Waals surface area contributed by atoms with Crippen LogP contribution in [-0.2, 0) is 0 Å². The number of fused-ring (bicyclic) bond motifs is 2. The second-order valence-electron chi connectivity index (χ2n) is 7.15. The van der Waals surface area contributed by atoms with Crippen molar-refractivity contribution in [2.45, 2.75) is 52.9 Å². The van der Waals surface area contributed by atoms with Gasteiger partial charge in [-0.2, -0.15) is 0 Å². The van der Waals surface area contributed by atoms with Crippen LogP contribution in [0.15, 0.2) is 12.2 Å². The summed E-state index contributed by atoms with van der Waals surface area (Å²) < 4.78 is 0. The van der Waals surface area contributed by atoms with Gasteiger partial charge in [-0.1, -0.05) is 39.3 Å². The Hall–Kier alpha value is -0.260. The molecule has 15 heavy (non-hydrogen) atoms. The molecule has 0 nitrogen and oxygen atoms in total. The molecular weight excluding hydrogens is 180 g/mol. The van der Waals surface area contributed by atoms with Crippen LogP contribution in [0.4, 0.5) is 0 Å². The summed E-state index contributed by atoms with van der Waals surface area (Å²) in [7, 11) is 0. The molecule has 0 spiro atoms. The lowest BCUT2D eigenvalue weighted by Gasteiger charge is -2.67. The van der Waals surface area contributed by atoms with E-state index in [4.69, 9.17) is 0 Å². The maximum atomic E-state index is 4.37. The van der Waals surface area contributed by atoms with Gasteiger partial charge in [0.05, 0.1) is 0 Å². The SMILES string of the molecule is C=C1CC[C@@H]2[C@@H]3[C@H]1[C@@]2(C)CCCC3(C)C. The van der Waals surface area contributed by atoms with E-state index in [-0.39, 0.29) is 0 Å². The highest BCUT2D eigenvalue weighted by Crippen LogP contribution is 2.73. The zero-order valence-corrected chi connectivity index (χ0v) is 10.5. The van der Waals surface area contributed by atoms with Crippen molar-refractivity contribution in [2.75, 3.05) is 0 Å². The fourth-order valence-electron chi connectivity index (χ4n) is 5.32. The van der Waals surface area contributed by atoms with Gasteiger partial charge < -0.3 is 0 Å². The first-order valence-electron chi connectivity index (χ1n) is 6.64. The fourth-order valence-corrected chi connectivity index (χ4v) is 5.32. The topological polar surface area (TPSA) is 0 Å². The molecule has 4 aliphatic carbocycles. The minimum absolute atomic E-state index is 0.578. The van der Waals surface area contributed by atoms with Crippen molar-refractivity contribution < 1.29 is 0 Å². The summed E-state index contributed by atoms with van der Waals surface area (Å²) >= 11 is 0. The van der Waals surface area contributed by atoms with Crippen molar-refractivity contribution in [2.24, 2.45) is 28.6 Å². The van der Waals surface area contributed by atoms with Crippen molar-refractivity contribution in [1.82, 2.24) is 0 Å². The highest BCUT2D eigenvalue weighted by atomic mass is 14.7. The molecule has 0 aliphatic heterocycles. The van der Waals surface area contributed by atoms with E-state index in [0.29, 0.717) is 10.8 Å². The van der Waals surface area contributed by atoms with Gasteiger partial charge in [0.1, 0.15) is 0 Å². The number of rotatable bonds is 0. The highest BCUT2D eigenvalue weighted by Gasteiger charge is 2.65. The van der Waals surface area contributed by atoms with E-state index in [0.717, 1.165) is 17.8 Å². The molecule has 4 rings (SSSR count). The van der Waals surface area contributed by atoms with E-state index >= 15 is 0 Å². The van der Waals surface area contributed by atoms with Gasteiger partial charge in [-0.3, -0.25) is 0 Å². The molecule has 0 saturated heterocycles. The Morgan fingerprint density at radius 3 is 2.60 bits per heavy atom. The Morgan fingerprint density at radius 2 is 1.93 bits per heavy atom. The zero-order valence-electron chi connectivity index (χ0n) is 10.5. The molecule has 0 aromatic heterocycles. The van der Waals surface area contributed by atoms with E-state index in [1.807, 2.05) is 0 Å². The van der Waals surface area contributed by atoms with Gasteiger partial charge >= 0.3 is 0 Å². The smallest absolute Gasteiger partial charge is 0.0113 e. The van der Waals surface area contributed by atoms with E-state index in [1.165, 1.54) is 32.1 Å². The van der Waals surface area contributed by atoms with Crippen molar-refractivity contribution in [3.63, 3.8) is 0 Å². The summed E-state index contributed by atoms with van der Waals surface area (Å²) in [5.41, 5.74) is 2.81. The van der Waals surface area contributed by atoms with Crippen molar-refractivity contribution in [3.05, 3.63) is 12.2 Å². The first-order valence-corrected chi connectivity index (χ1v) is 6.64. The minimum Gasteiger partial charge on any atom is -0.0995 e. The third-order valence-corrected chi connectivity index (χ3v) is 6.01. The van der Waals surface area contributed by atoms with Gasteiger partial charge in [-0.15, -0.1) is 0 Å². The minimum atomic E-state index is 0.578. The molecule has 0 aromatic rings. The molecule has 0 amide bonds. The predicted octanol–water partition coefficient (Wildman–Crippen LogP) is 4.42. The van der Waals surface area contributed by atoms with Gasteiger partial charge in [0.2, 0.25) is 0 Å². The zero-order chi connectivity index (χ0) is 10.8. The molecule has 0 N–H and O–H groups in total. The average Bonchev–Trinajstić information content (AvgIpc) is 2.30. The van der Waals surface area contributed by atoms with Crippen LogP contribution in [0.2, 0.25) is 0 Å². The molecule has 4 atom stereocenters. The number of hydrogen-bond acceptors (Lipinski definition) is 0. The Labute approximate surface area is 94.1 Å². The molecule has 84 valence electrons. The van der Waals surface area contributed by atoms with Crippen LogP contribution in [0, 0.1) is 28.6 Å². The Bertz CT molecular complexity index is 312. The molecule has 0 unspecified atom stereocenters. The quantitative estimate of drug-likeness (QED) is 0.513. The monoisotopic (exact) mass is 204 g/mol. The second kappa shape index (κ2) is 2.70. The van der Waals surface area contributed by atoms with E-state index in [2.05, 4.69) is 27.4 Å². The van der Waals surface area contributed by atoms with E-state index < -0.39 is 0 Å². The molecule has 0 heteroatoms. The van der Waals surface area contributed by atoms with Gasteiger partial charge in [0.25, 0.3) is 0 Å². The van der Waals surface area contributed by atoms with Gasteiger partial charge in [-0.05, 0) is 54.3 Å². The molecule has 0 radical (unpaired) electrons. The first-order chi connectivity index (χ1) is 6.97. The second-order valence-corrected chi connectivity index (χ2v) is 7.15. The fraction of sp³-hybridized carbons (Fsp3) is 0.867. The van der Waals surface area contributed by atoms with Gasteiger partial charge in [0, 0.05) is 0 Å². The highest BCUT2D eigenvalue weighted by molar-refractivity contribution is 5.26. The molecular formula is C15H24. The molecule has 4 aliphatic rings. The van der Waals surface area contributed by atoms with Gasteiger partial charge in [-0.25, -0.2) is 0 Å². The van der Waals surface area contributed by atoms with Crippen LogP contribution >= 0.6 is 0 Å². The van der Waals surface area contributed by atoms with Crippen LogP contribution in [0.25, 0.3) is 0 Å². The van der Waals surface area contributed by atoms with Crippen molar-refractivity contribution >= 4 is 0 Å². The third-order valence-electron chi connectivity index (χ3n) is 6.01. The average molecular weight is 204 g/mol. The lowest BCUT2D eigenvalue weighted by molar-refractivity contribution is -0.153. The van der Waals surface area contributed by atoms with Crippen molar-refractivity contribution in [1.29, 1.82) is 0 Å². The lowest BCUT2D eigenvalue weighted by Crippen LogP contribution is -2.61. The molecule has 0 aromatic carbocycles. The molecule has 4 saturated carbocycles. The van der Waals surface area contributed by atoms with E-state index in [9.17, 15) is 0 Å². The number of allylic oxidation sites excluding steroid dienone is 1.